The zero-order chi connectivity index (χ0) is 39.1. The van der Waals surface area contributed by atoms with Gasteiger partial charge < -0.3 is 17.8 Å². The topological polar surface area (TPSA) is 70.1 Å². The quantitative estimate of drug-likeness (QED) is 0.179. The maximum Gasteiger partial charge on any atom is 0.231 e. The standard InChI is InChI=1S/C54H29N3O3/c1-2-13-33-30(12-1)26-29-40-45-35-15-3-4-16-36(35)46-38-17-6-9-22-43(38)59-52(46)50(45)57(49(33)40)32-27-24-31(25-28-32)53-55-48(47-39-18-7-10-23-44(39)60-54(47)56-53)41-20-11-19-37-34-14-5-8-21-42(34)58-51(37)41/h1-29H. The molecule has 0 radical (unpaired) electrons. The highest BCUT2D eigenvalue weighted by atomic mass is 16.3. The van der Waals surface area contributed by atoms with E-state index >= 15 is 0 Å². The number of hydrogen-bond donors (Lipinski definition) is 0. The number of furan rings is 3. The van der Waals surface area contributed by atoms with Gasteiger partial charge in [0, 0.05) is 59.9 Å². The van der Waals surface area contributed by atoms with Crippen LogP contribution >= 0.6 is 0 Å². The van der Waals surface area contributed by atoms with E-state index in [0.717, 1.165) is 93.8 Å². The lowest BCUT2D eigenvalue weighted by Gasteiger charge is -2.12. The van der Waals surface area contributed by atoms with Crippen LogP contribution in [0.15, 0.2) is 189 Å². The largest absolute Gasteiger partial charge is 0.455 e. The Labute approximate surface area is 340 Å². The third-order valence-electron chi connectivity index (χ3n) is 12.4. The van der Waals surface area contributed by atoms with Crippen molar-refractivity contribution in [2.24, 2.45) is 0 Å². The normalized spacial score (nSPS) is 12.3. The van der Waals surface area contributed by atoms with Gasteiger partial charge in [0.2, 0.25) is 5.71 Å². The molecule has 14 rings (SSSR count). The molecule has 0 spiro atoms. The number of para-hydroxylation sites is 4. The molecule has 6 nitrogen and oxygen atoms in total. The third kappa shape index (κ3) is 4.21. The van der Waals surface area contributed by atoms with Crippen molar-refractivity contribution in [2.75, 3.05) is 0 Å². The molecule has 14 aromatic rings. The minimum absolute atomic E-state index is 0.529. The number of benzene rings is 9. The molecule has 0 aliphatic rings. The lowest BCUT2D eigenvalue weighted by atomic mass is 9.98. The Morgan fingerprint density at radius 1 is 0.367 bits per heavy atom. The lowest BCUT2D eigenvalue weighted by Crippen LogP contribution is -1.97. The first-order valence-corrected chi connectivity index (χ1v) is 20.2. The van der Waals surface area contributed by atoms with E-state index in [-0.39, 0.29) is 0 Å². The molecule has 9 aromatic carbocycles. The van der Waals surface area contributed by atoms with Crippen LogP contribution in [0, 0.1) is 0 Å². The van der Waals surface area contributed by atoms with Crippen molar-refractivity contribution >= 4 is 109 Å². The number of aromatic nitrogens is 3. The molecular weight excluding hydrogens is 739 g/mol. The van der Waals surface area contributed by atoms with Crippen LogP contribution in [0.25, 0.3) is 138 Å². The fourth-order valence-corrected chi connectivity index (χ4v) is 9.83. The van der Waals surface area contributed by atoms with Gasteiger partial charge >= 0.3 is 0 Å². The molecule has 0 bridgehead atoms. The molecule has 6 heteroatoms. The Morgan fingerprint density at radius 3 is 1.75 bits per heavy atom. The Bertz CT molecular complexity index is 4130. The van der Waals surface area contributed by atoms with Gasteiger partial charge in [-0.2, -0.15) is 4.98 Å². The zero-order valence-electron chi connectivity index (χ0n) is 31.8. The van der Waals surface area contributed by atoms with Crippen LogP contribution in [0.2, 0.25) is 0 Å². The second-order valence-corrected chi connectivity index (χ2v) is 15.6. The van der Waals surface area contributed by atoms with E-state index in [1.165, 1.54) is 32.3 Å². The second-order valence-electron chi connectivity index (χ2n) is 15.6. The molecule has 0 N–H and O–H groups in total. The predicted octanol–water partition coefficient (Wildman–Crippen LogP) is 14.9. The molecule has 0 unspecified atom stereocenters. The summed E-state index contributed by atoms with van der Waals surface area (Å²) in [4.78, 5) is 10.5. The molecule has 0 atom stereocenters. The van der Waals surface area contributed by atoms with Gasteiger partial charge in [0.1, 0.15) is 22.3 Å². The molecule has 0 saturated heterocycles. The predicted molar refractivity (Wildman–Crippen MR) is 244 cm³/mol. The maximum atomic E-state index is 6.88. The Hall–Kier alpha value is -8.22. The fraction of sp³-hybridized carbons (Fsp3) is 0. The van der Waals surface area contributed by atoms with E-state index in [9.17, 15) is 0 Å². The van der Waals surface area contributed by atoms with E-state index < -0.39 is 0 Å². The molecular formula is C54H29N3O3. The Kier molecular flexibility index (Phi) is 6.20. The van der Waals surface area contributed by atoms with Crippen LogP contribution in [0.3, 0.4) is 0 Å². The van der Waals surface area contributed by atoms with Gasteiger partial charge in [-0.3, -0.25) is 0 Å². The molecule has 0 aliphatic heterocycles. The lowest BCUT2D eigenvalue weighted by molar-refractivity contribution is 0.653. The molecule has 60 heavy (non-hydrogen) atoms. The maximum absolute atomic E-state index is 6.88. The molecule has 0 amide bonds. The van der Waals surface area contributed by atoms with Crippen LogP contribution in [0.5, 0.6) is 0 Å². The van der Waals surface area contributed by atoms with Crippen LogP contribution in [-0.4, -0.2) is 14.5 Å². The first-order chi connectivity index (χ1) is 29.8. The fourth-order valence-electron chi connectivity index (χ4n) is 9.83. The van der Waals surface area contributed by atoms with Gasteiger partial charge in [-0.1, -0.05) is 127 Å². The summed E-state index contributed by atoms with van der Waals surface area (Å²) in [5.41, 5.74) is 10.4. The summed E-state index contributed by atoms with van der Waals surface area (Å²) in [7, 11) is 0. The van der Waals surface area contributed by atoms with Crippen molar-refractivity contribution in [1.82, 2.24) is 14.5 Å². The van der Waals surface area contributed by atoms with Crippen LogP contribution in [0.1, 0.15) is 0 Å². The summed E-state index contributed by atoms with van der Waals surface area (Å²) < 4.78 is 22.3. The van der Waals surface area contributed by atoms with Gasteiger partial charge in [0.05, 0.1) is 22.1 Å². The molecule has 5 heterocycles. The van der Waals surface area contributed by atoms with E-state index in [1.54, 1.807) is 0 Å². The highest BCUT2D eigenvalue weighted by Crippen LogP contribution is 2.47. The zero-order valence-corrected chi connectivity index (χ0v) is 31.8. The minimum Gasteiger partial charge on any atom is -0.455 e. The highest BCUT2D eigenvalue weighted by molar-refractivity contribution is 6.36. The van der Waals surface area contributed by atoms with Gasteiger partial charge in [-0.15, -0.1) is 0 Å². The number of rotatable bonds is 3. The number of nitrogens with zero attached hydrogens (tertiary/aromatic N) is 3. The first kappa shape index (κ1) is 31.8. The Morgan fingerprint density at radius 2 is 0.967 bits per heavy atom. The van der Waals surface area contributed by atoms with Crippen LogP contribution in [0.4, 0.5) is 0 Å². The molecule has 0 fully saturated rings. The van der Waals surface area contributed by atoms with Gasteiger partial charge in [0.25, 0.3) is 0 Å². The summed E-state index contributed by atoms with van der Waals surface area (Å²) in [5, 5.41) is 13.2. The molecule has 278 valence electrons. The SMILES string of the molecule is c1ccc2c(c1)ccc1c3c4ccccc4c4c5ccccc5oc4c3n(-c3ccc(-c4nc(-c5cccc6c5oc5ccccc56)c5c(n4)oc4ccccc45)cc3)c21. The summed E-state index contributed by atoms with van der Waals surface area (Å²) in [6.07, 6.45) is 0. The molecule has 5 aromatic heterocycles. The van der Waals surface area contributed by atoms with Crippen LogP contribution in [-0.2, 0) is 0 Å². The monoisotopic (exact) mass is 767 g/mol. The second kappa shape index (κ2) is 11.7. The average molecular weight is 768 g/mol. The van der Waals surface area contributed by atoms with E-state index in [0.29, 0.717) is 11.5 Å². The van der Waals surface area contributed by atoms with E-state index in [2.05, 4.69) is 138 Å². The smallest absolute Gasteiger partial charge is 0.231 e. The first-order valence-electron chi connectivity index (χ1n) is 20.2. The average Bonchev–Trinajstić information content (AvgIpc) is 4.08. The molecule has 0 aliphatic carbocycles. The number of fused-ring (bicyclic) bond motifs is 18. The van der Waals surface area contributed by atoms with Crippen LogP contribution < -0.4 is 0 Å². The summed E-state index contributed by atoms with van der Waals surface area (Å²) in [5.74, 6) is 0.564. The minimum atomic E-state index is 0.529. The van der Waals surface area contributed by atoms with Gasteiger partial charge in [-0.05, 0) is 64.7 Å². The summed E-state index contributed by atoms with van der Waals surface area (Å²) in [6.45, 7) is 0. The van der Waals surface area contributed by atoms with Crippen molar-refractivity contribution in [3.05, 3.63) is 176 Å². The summed E-state index contributed by atoms with van der Waals surface area (Å²) >= 11 is 0. The van der Waals surface area contributed by atoms with Crippen molar-refractivity contribution < 1.29 is 13.3 Å². The molecule has 0 saturated carbocycles. The van der Waals surface area contributed by atoms with E-state index in [4.69, 9.17) is 23.2 Å². The van der Waals surface area contributed by atoms with Crippen molar-refractivity contribution in [1.29, 1.82) is 0 Å². The number of hydrogen-bond acceptors (Lipinski definition) is 5. The van der Waals surface area contributed by atoms with Crippen molar-refractivity contribution in [3.8, 4) is 28.3 Å². The Balaban J connectivity index is 1.04. The third-order valence-corrected chi connectivity index (χ3v) is 12.4. The van der Waals surface area contributed by atoms with Gasteiger partial charge in [-0.25, -0.2) is 4.98 Å². The highest BCUT2D eigenvalue weighted by Gasteiger charge is 2.25. The van der Waals surface area contributed by atoms with Crippen molar-refractivity contribution in [2.45, 2.75) is 0 Å². The van der Waals surface area contributed by atoms with Crippen molar-refractivity contribution in [3.63, 3.8) is 0 Å². The van der Waals surface area contributed by atoms with Gasteiger partial charge in [0.15, 0.2) is 11.4 Å². The summed E-state index contributed by atoms with van der Waals surface area (Å²) in [6, 6.07) is 61.3. The van der Waals surface area contributed by atoms with E-state index in [1.807, 2.05) is 42.5 Å².